The van der Waals surface area contributed by atoms with E-state index in [0.717, 1.165) is 23.3 Å². The lowest BCUT2D eigenvalue weighted by Gasteiger charge is -2.10. The largest absolute Gasteiger partial charge is 0.365 e. The summed E-state index contributed by atoms with van der Waals surface area (Å²) in [6, 6.07) is 16.8. The molecular formula is C18H19N3. The van der Waals surface area contributed by atoms with Crippen molar-refractivity contribution >= 4 is 16.7 Å². The molecule has 2 aromatic carbocycles. The quantitative estimate of drug-likeness (QED) is 0.769. The fraction of sp³-hybridized carbons (Fsp3) is 0.222. The Kier molecular flexibility index (Phi) is 3.82. The summed E-state index contributed by atoms with van der Waals surface area (Å²) in [6.07, 6.45) is 1.60. The van der Waals surface area contributed by atoms with Gasteiger partial charge in [0.2, 0.25) is 0 Å². The van der Waals surface area contributed by atoms with Gasteiger partial charge < -0.3 is 5.32 Å². The average Bonchev–Trinajstić information content (AvgIpc) is 2.53. The summed E-state index contributed by atoms with van der Waals surface area (Å²) in [6.45, 7) is 5.18. The van der Waals surface area contributed by atoms with E-state index in [4.69, 9.17) is 0 Å². The van der Waals surface area contributed by atoms with Crippen LogP contribution in [0.5, 0.6) is 0 Å². The molecule has 0 aliphatic carbocycles. The van der Waals surface area contributed by atoms with Gasteiger partial charge in [-0.15, -0.1) is 0 Å². The van der Waals surface area contributed by atoms with Gasteiger partial charge in [-0.3, -0.25) is 0 Å². The van der Waals surface area contributed by atoms with Gasteiger partial charge in [-0.05, 0) is 29.2 Å². The third kappa shape index (κ3) is 3.02. The van der Waals surface area contributed by atoms with Crippen LogP contribution in [0.15, 0.2) is 54.9 Å². The second kappa shape index (κ2) is 5.92. The molecule has 0 saturated heterocycles. The predicted octanol–water partition coefficient (Wildman–Crippen LogP) is 4.37. The molecular weight excluding hydrogens is 258 g/mol. The molecule has 0 spiro atoms. The molecule has 106 valence electrons. The van der Waals surface area contributed by atoms with Gasteiger partial charge in [-0.1, -0.05) is 50.2 Å². The number of nitrogens with zero attached hydrogens (tertiary/aromatic N) is 2. The molecule has 1 heterocycles. The molecule has 3 nitrogen and oxygen atoms in total. The second-order valence-electron chi connectivity index (χ2n) is 5.49. The van der Waals surface area contributed by atoms with Crippen LogP contribution in [0.1, 0.15) is 30.9 Å². The number of hydrogen-bond acceptors (Lipinski definition) is 3. The summed E-state index contributed by atoms with van der Waals surface area (Å²) in [4.78, 5) is 8.62. The van der Waals surface area contributed by atoms with Crippen molar-refractivity contribution in [3.05, 3.63) is 66.0 Å². The smallest absolute Gasteiger partial charge is 0.137 e. The third-order valence-electron chi connectivity index (χ3n) is 3.65. The number of fused-ring (bicyclic) bond motifs is 1. The van der Waals surface area contributed by atoms with E-state index in [2.05, 4.69) is 53.4 Å². The molecule has 3 aromatic rings. The second-order valence-corrected chi connectivity index (χ2v) is 5.49. The number of anilines is 1. The highest BCUT2D eigenvalue weighted by Gasteiger charge is 2.03. The van der Waals surface area contributed by atoms with Crippen LogP contribution in [0.25, 0.3) is 10.9 Å². The molecule has 3 heteroatoms. The number of para-hydroxylation sites is 1. The molecule has 0 bridgehead atoms. The number of nitrogens with one attached hydrogen (secondary N) is 1. The first-order valence-corrected chi connectivity index (χ1v) is 7.26. The molecule has 0 aliphatic heterocycles. The topological polar surface area (TPSA) is 37.8 Å². The zero-order valence-electron chi connectivity index (χ0n) is 12.4. The maximum absolute atomic E-state index is 4.35. The number of rotatable bonds is 4. The number of hydrogen-bond donors (Lipinski definition) is 1. The van der Waals surface area contributed by atoms with E-state index in [0.29, 0.717) is 5.92 Å². The van der Waals surface area contributed by atoms with Crippen molar-refractivity contribution in [2.24, 2.45) is 0 Å². The van der Waals surface area contributed by atoms with Crippen LogP contribution in [0.4, 0.5) is 5.82 Å². The molecule has 1 aromatic heterocycles. The highest BCUT2D eigenvalue weighted by atomic mass is 15.0. The van der Waals surface area contributed by atoms with E-state index in [1.165, 1.54) is 11.1 Å². The van der Waals surface area contributed by atoms with E-state index in [1.54, 1.807) is 6.33 Å². The first kappa shape index (κ1) is 13.6. The molecule has 0 atom stereocenters. The van der Waals surface area contributed by atoms with E-state index in [9.17, 15) is 0 Å². The monoisotopic (exact) mass is 277 g/mol. The van der Waals surface area contributed by atoms with Gasteiger partial charge in [0.05, 0.1) is 5.52 Å². The standard InChI is InChI=1S/C18H19N3/c1-13(2)15-9-7-14(8-10-15)11-19-18-16-5-3-4-6-17(16)20-12-21-18/h3-10,12-13H,11H2,1-2H3,(H,19,20,21). The first-order valence-electron chi connectivity index (χ1n) is 7.26. The highest BCUT2D eigenvalue weighted by Crippen LogP contribution is 2.20. The number of benzene rings is 2. The van der Waals surface area contributed by atoms with Crippen LogP contribution >= 0.6 is 0 Å². The highest BCUT2D eigenvalue weighted by molar-refractivity contribution is 5.88. The Bertz CT molecular complexity index is 728. The Morgan fingerprint density at radius 3 is 2.48 bits per heavy atom. The molecule has 21 heavy (non-hydrogen) atoms. The third-order valence-corrected chi connectivity index (χ3v) is 3.65. The van der Waals surface area contributed by atoms with Crippen molar-refractivity contribution in [1.29, 1.82) is 0 Å². The molecule has 0 radical (unpaired) electrons. The maximum Gasteiger partial charge on any atom is 0.137 e. The zero-order valence-corrected chi connectivity index (χ0v) is 12.4. The summed E-state index contributed by atoms with van der Waals surface area (Å²) < 4.78 is 0. The van der Waals surface area contributed by atoms with E-state index in [1.807, 2.05) is 24.3 Å². The van der Waals surface area contributed by atoms with Crippen LogP contribution < -0.4 is 5.32 Å². The van der Waals surface area contributed by atoms with Gasteiger partial charge in [0.1, 0.15) is 12.1 Å². The zero-order chi connectivity index (χ0) is 14.7. The van der Waals surface area contributed by atoms with Crippen molar-refractivity contribution in [3.63, 3.8) is 0 Å². The van der Waals surface area contributed by atoms with Crippen LogP contribution in [0.3, 0.4) is 0 Å². The minimum absolute atomic E-state index is 0.567. The molecule has 1 N–H and O–H groups in total. The minimum atomic E-state index is 0.567. The molecule has 3 rings (SSSR count). The predicted molar refractivity (Wildman–Crippen MR) is 87.4 cm³/mol. The molecule has 0 saturated carbocycles. The van der Waals surface area contributed by atoms with E-state index >= 15 is 0 Å². The average molecular weight is 277 g/mol. The van der Waals surface area contributed by atoms with E-state index < -0.39 is 0 Å². The van der Waals surface area contributed by atoms with Gasteiger partial charge >= 0.3 is 0 Å². The lowest BCUT2D eigenvalue weighted by Crippen LogP contribution is -2.02. The van der Waals surface area contributed by atoms with Crippen LogP contribution in [-0.2, 0) is 6.54 Å². The van der Waals surface area contributed by atoms with Gasteiger partial charge in [0.15, 0.2) is 0 Å². The maximum atomic E-state index is 4.35. The van der Waals surface area contributed by atoms with Gasteiger partial charge in [0, 0.05) is 11.9 Å². The Morgan fingerprint density at radius 1 is 0.952 bits per heavy atom. The molecule has 0 unspecified atom stereocenters. The fourth-order valence-electron chi connectivity index (χ4n) is 2.35. The van der Waals surface area contributed by atoms with Crippen molar-refractivity contribution in [3.8, 4) is 0 Å². The Morgan fingerprint density at radius 2 is 1.71 bits per heavy atom. The van der Waals surface area contributed by atoms with Crippen LogP contribution in [0.2, 0.25) is 0 Å². The fourth-order valence-corrected chi connectivity index (χ4v) is 2.35. The Hall–Kier alpha value is -2.42. The molecule has 0 fully saturated rings. The summed E-state index contributed by atoms with van der Waals surface area (Å²) in [5.74, 6) is 1.45. The Labute approximate surface area is 125 Å². The van der Waals surface area contributed by atoms with Crippen LogP contribution in [-0.4, -0.2) is 9.97 Å². The molecule has 0 amide bonds. The summed E-state index contributed by atoms with van der Waals surface area (Å²) in [7, 11) is 0. The van der Waals surface area contributed by atoms with Gasteiger partial charge in [-0.2, -0.15) is 0 Å². The minimum Gasteiger partial charge on any atom is -0.365 e. The summed E-state index contributed by atoms with van der Waals surface area (Å²) in [5.41, 5.74) is 3.58. The number of aromatic nitrogens is 2. The van der Waals surface area contributed by atoms with E-state index in [-0.39, 0.29) is 0 Å². The SMILES string of the molecule is CC(C)c1ccc(CNc2ncnc3ccccc23)cc1. The van der Waals surface area contributed by atoms with Gasteiger partial charge in [-0.25, -0.2) is 9.97 Å². The van der Waals surface area contributed by atoms with Crippen molar-refractivity contribution in [2.75, 3.05) is 5.32 Å². The van der Waals surface area contributed by atoms with Crippen molar-refractivity contribution in [2.45, 2.75) is 26.3 Å². The normalized spacial score (nSPS) is 11.0. The van der Waals surface area contributed by atoms with Crippen molar-refractivity contribution < 1.29 is 0 Å². The first-order chi connectivity index (χ1) is 10.2. The molecule has 0 aliphatic rings. The van der Waals surface area contributed by atoms with Gasteiger partial charge in [0.25, 0.3) is 0 Å². The summed E-state index contributed by atoms with van der Waals surface area (Å²) in [5, 5.41) is 4.46. The lowest BCUT2D eigenvalue weighted by molar-refractivity contribution is 0.865. The lowest BCUT2D eigenvalue weighted by atomic mass is 10.0. The van der Waals surface area contributed by atoms with Crippen LogP contribution in [0, 0.1) is 0 Å². The van der Waals surface area contributed by atoms with Crippen molar-refractivity contribution in [1.82, 2.24) is 9.97 Å². The summed E-state index contributed by atoms with van der Waals surface area (Å²) >= 11 is 0. The Balaban J connectivity index is 1.77.